The number of amides is 1. The fourth-order valence-corrected chi connectivity index (χ4v) is 3.83. The maximum atomic E-state index is 12.9. The molecule has 0 radical (unpaired) electrons. The summed E-state index contributed by atoms with van der Waals surface area (Å²) in [6, 6.07) is 0. The molecule has 128 valence electrons. The molecule has 1 saturated heterocycles. The van der Waals surface area contributed by atoms with E-state index in [0.717, 1.165) is 12.4 Å². The summed E-state index contributed by atoms with van der Waals surface area (Å²) in [5.41, 5.74) is -0.650. The summed E-state index contributed by atoms with van der Waals surface area (Å²) in [7, 11) is -3.83. The fraction of sp³-hybridized carbons (Fsp3) is 0.643. The van der Waals surface area contributed by atoms with Crippen LogP contribution in [-0.2, 0) is 14.6 Å². The molecule has 0 saturated carbocycles. The number of rotatable bonds is 2. The highest BCUT2D eigenvalue weighted by molar-refractivity contribution is 7.91. The van der Waals surface area contributed by atoms with E-state index in [1.54, 1.807) is 20.8 Å². The Hall–Kier alpha value is -1.77. The van der Waals surface area contributed by atoms with Crippen molar-refractivity contribution in [3.63, 3.8) is 0 Å². The third kappa shape index (κ3) is 4.37. The number of carbonyl (C=O) groups excluding carboxylic acids is 1. The van der Waals surface area contributed by atoms with Gasteiger partial charge >= 0.3 is 6.09 Å². The number of halogens is 1. The van der Waals surface area contributed by atoms with E-state index in [-0.39, 0.29) is 6.54 Å². The smallest absolute Gasteiger partial charge is 0.410 e. The number of carbonyl (C=O) groups is 1. The summed E-state index contributed by atoms with van der Waals surface area (Å²) >= 11 is 0. The van der Waals surface area contributed by atoms with Crippen molar-refractivity contribution in [2.75, 3.05) is 13.1 Å². The van der Waals surface area contributed by atoms with E-state index in [4.69, 9.17) is 4.74 Å². The van der Waals surface area contributed by atoms with Crippen LogP contribution in [0.25, 0.3) is 0 Å². The molecule has 1 fully saturated rings. The third-order valence-electron chi connectivity index (χ3n) is 3.32. The first-order chi connectivity index (χ1) is 10.6. The Kier molecular flexibility index (Phi) is 4.88. The van der Waals surface area contributed by atoms with Crippen LogP contribution in [0.5, 0.6) is 0 Å². The SMILES string of the molecule is CC(C)(C)OC(=O)N1CCC[C@@H](S(=O)(=O)c2ncc(F)cn2)C1. The Morgan fingerprint density at radius 2 is 1.96 bits per heavy atom. The van der Waals surface area contributed by atoms with Gasteiger partial charge in [0.25, 0.3) is 0 Å². The summed E-state index contributed by atoms with van der Waals surface area (Å²) in [5, 5.41) is -1.25. The second kappa shape index (κ2) is 6.38. The molecule has 1 aromatic heterocycles. The molecule has 1 aromatic rings. The fourth-order valence-electron chi connectivity index (χ4n) is 2.28. The number of ether oxygens (including phenoxy) is 1. The molecule has 0 aliphatic carbocycles. The van der Waals surface area contributed by atoms with Crippen molar-refractivity contribution in [3.8, 4) is 0 Å². The number of piperidine rings is 1. The number of nitrogens with zero attached hydrogens (tertiary/aromatic N) is 3. The maximum Gasteiger partial charge on any atom is 0.410 e. The van der Waals surface area contributed by atoms with E-state index in [1.165, 1.54) is 4.90 Å². The molecule has 1 amide bonds. The van der Waals surface area contributed by atoms with Gasteiger partial charge in [0.1, 0.15) is 5.60 Å². The lowest BCUT2D eigenvalue weighted by Crippen LogP contribution is -2.47. The average molecular weight is 345 g/mol. The molecule has 2 heterocycles. The van der Waals surface area contributed by atoms with Gasteiger partial charge in [-0.1, -0.05) is 0 Å². The van der Waals surface area contributed by atoms with Gasteiger partial charge in [0.05, 0.1) is 17.6 Å². The highest BCUT2D eigenvalue weighted by atomic mass is 32.2. The van der Waals surface area contributed by atoms with Crippen LogP contribution >= 0.6 is 0 Å². The van der Waals surface area contributed by atoms with Gasteiger partial charge in [-0.15, -0.1) is 0 Å². The van der Waals surface area contributed by atoms with Crippen molar-refractivity contribution in [3.05, 3.63) is 18.2 Å². The quantitative estimate of drug-likeness (QED) is 0.759. The van der Waals surface area contributed by atoms with Crippen LogP contribution < -0.4 is 0 Å². The predicted molar refractivity (Wildman–Crippen MR) is 80.0 cm³/mol. The van der Waals surface area contributed by atoms with Gasteiger partial charge in [0.2, 0.25) is 15.0 Å². The van der Waals surface area contributed by atoms with Crippen LogP contribution in [0, 0.1) is 5.82 Å². The number of aromatic nitrogens is 2. The Labute approximate surface area is 134 Å². The van der Waals surface area contributed by atoms with E-state index in [1.807, 2.05) is 0 Å². The summed E-state index contributed by atoms with van der Waals surface area (Å²) in [6.45, 7) is 5.68. The van der Waals surface area contributed by atoms with Crippen molar-refractivity contribution in [2.24, 2.45) is 0 Å². The standard InChI is InChI=1S/C14H20FN3O4S/c1-14(2,3)22-13(19)18-6-4-5-11(9-18)23(20,21)12-16-7-10(15)8-17-12/h7-8,11H,4-6,9H2,1-3H3/t11-/m1/s1. The first-order valence-corrected chi connectivity index (χ1v) is 8.83. The van der Waals surface area contributed by atoms with Crippen LogP contribution in [0.2, 0.25) is 0 Å². The van der Waals surface area contributed by atoms with Gasteiger partial charge in [-0.2, -0.15) is 0 Å². The number of hydrogen-bond donors (Lipinski definition) is 0. The summed E-state index contributed by atoms with van der Waals surface area (Å²) in [6.07, 6.45) is 2.01. The minimum atomic E-state index is -3.83. The van der Waals surface area contributed by atoms with Crippen molar-refractivity contribution >= 4 is 15.9 Å². The highest BCUT2D eigenvalue weighted by Crippen LogP contribution is 2.23. The van der Waals surface area contributed by atoms with Gasteiger partial charge < -0.3 is 9.64 Å². The van der Waals surface area contributed by atoms with Crippen LogP contribution in [0.3, 0.4) is 0 Å². The van der Waals surface area contributed by atoms with Crippen molar-refractivity contribution in [1.29, 1.82) is 0 Å². The lowest BCUT2D eigenvalue weighted by atomic mass is 10.1. The normalized spacial score (nSPS) is 19.5. The maximum absolute atomic E-state index is 12.9. The van der Waals surface area contributed by atoms with Crippen molar-refractivity contribution in [2.45, 2.75) is 49.6 Å². The van der Waals surface area contributed by atoms with E-state index in [2.05, 4.69) is 9.97 Å². The van der Waals surface area contributed by atoms with Gasteiger partial charge in [0, 0.05) is 13.1 Å². The minimum absolute atomic E-state index is 0.0119. The molecule has 1 atom stereocenters. The molecule has 7 nitrogen and oxygen atoms in total. The molecule has 23 heavy (non-hydrogen) atoms. The number of hydrogen-bond acceptors (Lipinski definition) is 6. The predicted octanol–water partition coefficient (Wildman–Crippen LogP) is 1.79. The van der Waals surface area contributed by atoms with E-state index >= 15 is 0 Å². The molecule has 2 rings (SSSR count). The Morgan fingerprint density at radius 3 is 2.52 bits per heavy atom. The summed E-state index contributed by atoms with van der Waals surface area (Å²) in [4.78, 5) is 20.6. The van der Waals surface area contributed by atoms with E-state index in [9.17, 15) is 17.6 Å². The van der Waals surface area contributed by atoms with Crippen LogP contribution in [0.4, 0.5) is 9.18 Å². The third-order valence-corrected chi connectivity index (χ3v) is 5.30. The molecule has 0 bridgehead atoms. The molecule has 1 aliphatic heterocycles. The van der Waals surface area contributed by atoms with Gasteiger partial charge in [-0.25, -0.2) is 27.6 Å². The molecule has 0 unspecified atom stereocenters. The minimum Gasteiger partial charge on any atom is -0.444 e. The van der Waals surface area contributed by atoms with Crippen LogP contribution in [0.1, 0.15) is 33.6 Å². The van der Waals surface area contributed by atoms with Crippen LogP contribution in [-0.4, -0.2) is 53.3 Å². The number of likely N-dealkylation sites (tertiary alicyclic amines) is 1. The molecule has 0 N–H and O–H groups in total. The molecule has 0 spiro atoms. The lowest BCUT2D eigenvalue weighted by molar-refractivity contribution is 0.0219. The molecule has 1 aliphatic rings. The van der Waals surface area contributed by atoms with Gasteiger partial charge in [-0.05, 0) is 33.6 Å². The Morgan fingerprint density at radius 1 is 1.35 bits per heavy atom. The van der Waals surface area contributed by atoms with E-state index < -0.39 is 37.8 Å². The Balaban J connectivity index is 2.14. The Bertz CT molecular complexity index is 670. The molecular weight excluding hydrogens is 325 g/mol. The second-order valence-electron chi connectivity index (χ2n) is 6.42. The van der Waals surface area contributed by atoms with E-state index in [0.29, 0.717) is 19.4 Å². The average Bonchev–Trinajstić information content (AvgIpc) is 2.46. The van der Waals surface area contributed by atoms with Crippen molar-refractivity contribution in [1.82, 2.24) is 14.9 Å². The zero-order valence-corrected chi connectivity index (χ0v) is 14.1. The zero-order chi connectivity index (χ0) is 17.3. The van der Waals surface area contributed by atoms with Crippen molar-refractivity contribution < 1.29 is 22.3 Å². The zero-order valence-electron chi connectivity index (χ0n) is 13.3. The first kappa shape index (κ1) is 17.6. The summed E-state index contributed by atoms with van der Waals surface area (Å²) in [5.74, 6) is -0.706. The monoisotopic (exact) mass is 345 g/mol. The lowest BCUT2D eigenvalue weighted by Gasteiger charge is -2.33. The summed E-state index contributed by atoms with van der Waals surface area (Å²) < 4.78 is 43.2. The second-order valence-corrected chi connectivity index (χ2v) is 8.54. The molecule has 9 heteroatoms. The first-order valence-electron chi connectivity index (χ1n) is 7.29. The largest absolute Gasteiger partial charge is 0.444 e. The molecular formula is C14H20FN3O4S. The highest BCUT2D eigenvalue weighted by Gasteiger charge is 2.36. The molecule has 0 aromatic carbocycles. The van der Waals surface area contributed by atoms with Crippen LogP contribution in [0.15, 0.2) is 17.6 Å². The van der Waals surface area contributed by atoms with Gasteiger partial charge in [-0.3, -0.25) is 0 Å². The van der Waals surface area contributed by atoms with Gasteiger partial charge in [0.15, 0.2) is 5.82 Å². The number of sulfone groups is 1. The topological polar surface area (TPSA) is 89.5 Å².